The highest BCUT2D eigenvalue weighted by molar-refractivity contribution is 7.92. The van der Waals surface area contributed by atoms with Gasteiger partial charge in [0, 0.05) is 0 Å². The van der Waals surface area contributed by atoms with Crippen molar-refractivity contribution < 1.29 is 13.2 Å². The lowest BCUT2D eigenvalue weighted by molar-refractivity contribution is 0.0936. The molecule has 1 atom stereocenters. The number of hydrogen-bond acceptors (Lipinski definition) is 3. The van der Waals surface area contributed by atoms with Gasteiger partial charge in [0.2, 0.25) is 10.0 Å². The molecule has 1 N–H and O–H groups in total. The second-order valence-corrected chi connectivity index (χ2v) is 9.02. The number of para-hydroxylation sites is 1. The number of anilines is 1. The molecule has 3 rings (SSSR count). The molecule has 0 radical (unpaired) electrons. The first-order chi connectivity index (χ1) is 14.4. The van der Waals surface area contributed by atoms with E-state index in [-0.39, 0.29) is 18.5 Å². The van der Waals surface area contributed by atoms with E-state index in [1.807, 2.05) is 67.6 Å². The van der Waals surface area contributed by atoms with E-state index in [1.54, 1.807) is 24.3 Å². The largest absolute Gasteiger partial charge is 0.345 e. The summed E-state index contributed by atoms with van der Waals surface area (Å²) in [4.78, 5) is 13.2. The second-order valence-electron chi connectivity index (χ2n) is 7.12. The molecule has 0 aromatic heterocycles. The molecule has 3 aromatic carbocycles. The zero-order valence-corrected chi connectivity index (χ0v) is 18.0. The molecule has 0 aliphatic rings. The molecule has 0 fully saturated rings. The van der Waals surface area contributed by atoms with Gasteiger partial charge < -0.3 is 5.32 Å². The molecule has 0 aliphatic heterocycles. The summed E-state index contributed by atoms with van der Waals surface area (Å²) < 4.78 is 26.5. The monoisotopic (exact) mass is 422 g/mol. The molecule has 0 aliphatic carbocycles. The quantitative estimate of drug-likeness (QED) is 0.580. The van der Waals surface area contributed by atoms with Gasteiger partial charge in [-0.1, -0.05) is 79.7 Å². The Morgan fingerprint density at radius 3 is 2.07 bits per heavy atom. The van der Waals surface area contributed by atoms with Gasteiger partial charge in [-0.15, -0.1) is 0 Å². The van der Waals surface area contributed by atoms with Crippen molar-refractivity contribution in [3.05, 3.63) is 102 Å². The third-order valence-electron chi connectivity index (χ3n) is 4.90. The molecule has 156 valence electrons. The Labute approximate surface area is 178 Å². The van der Waals surface area contributed by atoms with Crippen LogP contribution in [-0.2, 0) is 16.6 Å². The van der Waals surface area contributed by atoms with E-state index in [0.717, 1.165) is 23.8 Å². The smallest absolute Gasteiger partial charge is 0.253 e. The highest BCUT2D eigenvalue weighted by Crippen LogP contribution is 2.26. The Kier molecular flexibility index (Phi) is 6.90. The Morgan fingerprint density at radius 2 is 1.47 bits per heavy atom. The highest BCUT2D eigenvalue weighted by atomic mass is 32.2. The minimum atomic E-state index is -3.61. The predicted octanol–water partition coefficient (Wildman–Crippen LogP) is 4.53. The third kappa shape index (κ3) is 5.27. The summed E-state index contributed by atoms with van der Waals surface area (Å²) in [6, 6.07) is 25.7. The Hall–Kier alpha value is -3.12. The van der Waals surface area contributed by atoms with Crippen molar-refractivity contribution in [3.8, 4) is 0 Å². The first kappa shape index (κ1) is 21.6. The van der Waals surface area contributed by atoms with Gasteiger partial charge in [-0.05, 0) is 29.7 Å². The van der Waals surface area contributed by atoms with Crippen molar-refractivity contribution >= 4 is 21.6 Å². The third-order valence-corrected chi connectivity index (χ3v) is 6.03. The first-order valence-electron chi connectivity index (χ1n) is 9.86. The van der Waals surface area contributed by atoms with Crippen molar-refractivity contribution in [2.45, 2.75) is 25.9 Å². The minimum absolute atomic E-state index is 0.153. The van der Waals surface area contributed by atoms with Gasteiger partial charge in [-0.25, -0.2) is 8.42 Å². The number of benzene rings is 3. The summed E-state index contributed by atoms with van der Waals surface area (Å²) in [5, 5.41) is 3.05. The molecule has 3 aromatic rings. The number of nitrogens with zero attached hydrogens (tertiary/aromatic N) is 1. The molecule has 5 nitrogen and oxygen atoms in total. The van der Waals surface area contributed by atoms with E-state index >= 15 is 0 Å². The predicted molar refractivity (Wildman–Crippen MR) is 121 cm³/mol. The van der Waals surface area contributed by atoms with Crippen molar-refractivity contribution in [2.24, 2.45) is 0 Å². The van der Waals surface area contributed by atoms with Crippen LogP contribution in [0.2, 0.25) is 0 Å². The molecule has 0 heterocycles. The van der Waals surface area contributed by atoms with E-state index in [2.05, 4.69) is 5.32 Å². The number of rotatable bonds is 8. The number of carbonyl (C=O) groups excluding carboxylic acids is 1. The van der Waals surface area contributed by atoms with Gasteiger partial charge in [-0.2, -0.15) is 0 Å². The fourth-order valence-electron chi connectivity index (χ4n) is 3.36. The van der Waals surface area contributed by atoms with Crippen LogP contribution in [-0.4, -0.2) is 20.6 Å². The Morgan fingerprint density at radius 1 is 0.900 bits per heavy atom. The summed E-state index contributed by atoms with van der Waals surface area (Å²) >= 11 is 0. The van der Waals surface area contributed by atoms with Crippen molar-refractivity contribution in [1.82, 2.24) is 5.32 Å². The summed E-state index contributed by atoms with van der Waals surface area (Å²) in [6.45, 7) is 2.15. The molecular weight excluding hydrogens is 396 g/mol. The standard InChI is InChI=1S/C24H26N2O3S/c1-3-22(20-14-8-5-9-15-20)25-24(27)21-16-10-11-17-23(21)26(30(2,28)29)18-19-12-6-4-7-13-19/h4-17,22H,3,18H2,1-2H3,(H,25,27)/t22-/m0/s1. The van der Waals surface area contributed by atoms with Crippen LogP contribution in [0.4, 0.5) is 5.69 Å². The van der Waals surface area contributed by atoms with E-state index in [4.69, 9.17) is 0 Å². The second kappa shape index (κ2) is 9.59. The Balaban J connectivity index is 1.94. The van der Waals surface area contributed by atoms with Crippen LogP contribution in [0.1, 0.15) is 40.9 Å². The molecule has 0 saturated carbocycles. The van der Waals surface area contributed by atoms with Gasteiger partial charge in [0.15, 0.2) is 0 Å². The average Bonchev–Trinajstić information content (AvgIpc) is 2.76. The molecule has 6 heteroatoms. The summed E-state index contributed by atoms with van der Waals surface area (Å²) in [5.74, 6) is -0.303. The SMILES string of the molecule is CC[C@H](NC(=O)c1ccccc1N(Cc1ccccc1)S(C)(=O)=O)c1ccccc1. The molecular formula is C24H26N2O3S. The van der Waals surface area contributed by atoms with Gasteiger partial charge in [0.1, 0.15) is 0 Å². The number of amides is 1. The molecule has 1 amide bonds. The molecule has 0 unspecified atom stereocenters. The van der Waals surface area contributed by atoms with E-state index in [0.29, 0.717) is 11.3 Å². The normalized spacial score (nSPS) is 12.2. The zero-order chi connectivity index (χ0) is 21.6. The molecule has 0 bridgehead atoms. The lowest BCUT2D eigenvalue weighted by Gasteiger charge is -2.25. The maximum atomic E-state index is 13.2. The van der Waals surface area contributed by atoms with Crippen LogP contribution >= 0.6 is 0 Å². The highest BCUT2D eigenvalue weighted by Gasteiger charge is 2.24. The van der Waals surface area contributed by atoms with Gasteiger partial charge in [0.25, 0.3) is 5.91 Å². The van der Waals surface area contributed by atoms with Crippen LogP contribution in [0.3, 0.4) is 0 Å². The van der Waals surface area contributed by atoms with Crippen molar-refractivity contribution in [3.63, 3.8) is 0 Å². The number of carbonyl (C=O) groups is 1. The van der Waals surface area contributed by atoms with Crippen LogP contribution in [0.5, 0.6) is 0 Å². The average molecular weight is 423 g/mol. The molecule has 0 saturated heterocycles. The fraction of sp³-hybridized carbons (Fsp3) is 0.208. The topological polar surface area (TPSA) is 66.5 Å². The lowest BCUT2D eigenvalue weighted by atomic mass is 10.0. The number of sulfonamides is 1. The van der Waals surface area contributed by atoms with Gasteiger partial charge >= 0.3 is 0 Å². The maximum absolute atomic E-state index is 13.2. The summed E-state index contributed by atoms with van der Waals surface area (Å²) in [6.07, 6.45) is 1.88. The van der Waals surface area contributed by atoms with E-state index in [9.17, 15) is 13.2 Å². The molecule has 30 heavy (non-hydrogen) atoms. The Bertz CT molecular complexity index is 1080. The van der Waals surface area contributed by atoms with Crippen LogP contribution in [0, 0.1) is 0 Å². The van der Waals surface area contributed by atoms with Crippen LogP contribution < -0.4 is 9.62 Å². The van der Waals surface area contributed by atoms with Crippen molar-refractivity contribution in [1.29, 1.82) is 0 Å². The van der Waals surface area contributed by atoms with Gasteiger partial charge in [-0.3, -0.25) is 9.10 Å². The first-order valence-corrected chi connectivity index (χ1v) is 11.7. The number of nitrogens with one attached hydrogen (secondary N) is 1. The van der Waals surface area contributed by atoms with Crippen LogP contribution in [0.15, 0.2) is 84.9 Å². The molecule has 0 spiro atoms. The fourth-order valence-corrected chi connectivity index (χ4v) is 4.26. The van der Waals surface area contributed by atoms with E-state index in [1.165, 1.54) is 4.31 Å². The number of hydrogen-bond donors (Lipinski definition) is 1. The lowest BCUT2D eigenvalue weighted by Crippen LogP contribution is -2.33. The van der Waals surface area contributed by atoms with Crippen molar-refractivity contribution in [2.75, 3.05) is 10.6 Å². The maximum Gasteiger partial charge on any atom is 0.253 e. The zero-order valence-electron chi connectivity index (χ0n) is 17.2. The summed E-state index contributed by atoms with van der Waals surface area (Å²) in [5.41, 5.74) is 2.54. The minimum Gasteiger partial charge on any atom is -0.345 e. The van der Waals surface area contributed by atoms with Crippen LogP contribution in [0.25, 0.3) is 0 Å². The van der Waals surface area contributed by atoms with Gasteiger partial charge in [0.05, 0.1) is 30.1 Å². The summed E-state index contributed by atoms with van der Waals surface area (Å²) in [7, 11) is -3.61. The van der Waals surface area contributed by atoms with E-state index < -0.39 is 10.0 Å².